The topological polar surface area (TPSA) is 59.9 Å². The Morgan fingerprint density at radius 3 is 2.55 bits per heavy atom. The van der Waals surface area contributed by atoms with Crippen LogP contribution in [0.15, 0.2) is 47.7 Å². The molecule has 7 nitrogen and oxygen atoms in total. The van der Waals surface area contributed by atoms with Gasteiger partial charge in [-0.1, -0.05) is 6.07 Å². The number of anilines is 2. The number of guanidine groups is 1. The summed E-state index contributed by atoms with van der Waals surface area (Å²) in [6, 6.07) is 8.51. The molecular formula is C20H29FIN7. The zero-order valence-electron chi connectivity index (χ0n) is 17.0. The Balaban J connectivity index is 0.00000300. The summed E-state index contributed by atoms with van der Waals surface area (Å²) in [5.41, 5.74) is 0.892. The summed E-state index contributed by atoms with van der Waals surface area (Å²) in [7, 11) is 3.79. The molecule has 2 aromatic rings. The largest absolute Gasteiger partial charge is 0.374 e. The number of nitrogens with zero attached hydrogens (tertiary/aromatic N) is 6. The molecule has 1 fully saturated rings. The van der Waals surface area contributed by atoms with E-state index in [1.54, 1.807) is 24.5 Å². The monoisotopic (exact) mass is 513 g/mol. The van der Waals surface area contributed by atoms with E-state index in [2.05, 4.69) is 35.0 Å². The number of piperazine rings is 1. The van der Waals surface area contributed by atoms with Gasteiger partial charge in [0.15, 0.2) is 5.96 Å². The van der Waals surface area contributed by atoms with Gasteiger partial charge in [0.1, 0.15) is 5.82 Å². The Kier molecular flexibility index (Phi) is 9.36. The molecule has 0 spiro atoms. The molecular weight excluding hydrogens is 484 g/mol. The molecule has 0 radical (unpaired) electrons. The van der Waals surface area contributed by atoms with Gasteiger partial charge >= 0.3 is 0 Å². The highest BCUT2D eigenvalue weighted by Crippen LogP contribution is 2.14. The van der Waals surface area contributed by atoms with Crippen molar-refractivity contribution in [3.63, 3.8) is 0 Å². The van der Waals surface area contributed by atoms with Crippen molar-refractivity contribution in [2.24, 2.45) is 4.99 Å². The molecule has 1 saturated heterocycles. The van der Waals surface area contributed by atoms with Crippen LogP contribution in [0.2, 0.25) is 0 Å². The van der Waals surface area contributed by atoms with Crippen LogP contribution < -0.4 is 15.1 Å². The molecule has 1 aliphatic rings. The summed E-state index contributed by atoms with van der Waals surface area (Å²) >= 11 is 0. The first-order valence-corrected chi connectivity index (χ1v) is 9.61. The van der Waals surface area contributed by atoms with Crippen LogP contribution in [-0.2, 0) is 0 Å². The van der Waals surface area contributed by atoms with Gasteiger partial charge in [0.25, 0.3) is 0 Å². The standard InChI is InChI=1S/C20H28FN7.HI/c1-22-19(23-10-5-11-26(2)18-7-3-6-17(21)16-18)27-12-14-28(15-13-27)20-24-8-4-9-25-20;/h3-4,6-9,16H,5,10-15H2,1-2H3,(H,22,23);1H. The molecule has 1 aliphatic heterocycles. The summed E-state index contributed by atoms with van der Waals surface area (Å²) in [5.74, 6) is 1.50. The van der Waals surface area contributed by atoms with Gasteiger partial charge in [0.2, 0.25) is 5.95 Å². The van der Waals surface area contributed by atoms with E-state index in [0.29, 0.717) is 0 Å². The number of hydrogen-bond acceptors (Lipinski definition) is 5. The van der Waals surface area contributed by atoms with Crippen molar-refractivity contribution in [3.8, 4) is 0 Å². The molecule has 158 valence electrons. The predicted molar refractivity (Wildman–Crippen MR) is 127 cm³/mol. The number of aliphatic imine (C=N–C) groups is 1. The molecule has 0 aliphatic carbocycles. The van der Waals surface area contributed by atoms with Gasteiger partial charge in [0, 0.05) is 71.4 Å². The minimum atomic E-state index is -0.206. The summed E-state index contributed by atoms with van der Waals surface area (Å²) < 4.78 is 13.3. The normalized spacial score (nSPS) is 14.4. The van der Waals surface area contributed by atoms with Gasteiger partial charge in [-0.05, 0) is 30.7 Å². The SMILES string of the molecule is CN=C(NCCCN(C)c1cccc(F)c1)N1CCN(c2ncccn2)CC1.I. The molecule has 0 amide bonds. The van der Waals surface area contributed by atoms with Gasteiger partial charge in [-0.25, -0.2) is 14.4 Å². The second kappa shape index (κ2) is 11.7. The van der Waals surface area contributed by atoms with Crippen molar-refractivity contribution in [2.75, 3.05) is 63.2 Å². The maximum atomic E-state index is 13.3. The Morgan fingerprint density at radius 2 is 1.90 bits per heavy atom. The Labute approximate surface area is 189 Å². The van der Waals surface area contributed by atoms with Crippen LogP contribution in [0.4, 0.5) is 16.0 Å². The Hall–Kier alpha value is -2.17. The average molecular weight is 513 g/mol. The number of rotatable bonds is 6. The van der Waals surface area contributed by atoms with Crippen molar-refractivity contribution in [2.45, 2.75) is 6.42 Å². The van der Waals surface area contributed by atoms with Gasteiger partial charge in [-0.3, -0.25) is 4.99 Å². The van der Waals surface area contributed by atoms with Crippen molar-refractivity contribution < 1.29 is 4.39 Å². The van der Waals surface area contributed by atoms with Gasteiger partial charge in [0.05, 0.1) is 0 Å². The smallest absolute Gasteiger partial charge is 0.225 e. The number of nitrogens with one attached hydrogen (secondary N) is 1. The lowest BCUT2D eigenvalue weighted by Crippen LogP contribution is -2.53. The Bertz CT molecular complexity index is 766. The maximum Gasteiger partial charge on any atom is 0.225 e. The fourth-order valence-electron chi connectivity index (χ4n) is 3.26. The lowest BCUT2D eigenvalue weighted by Gasteiger charge is -2.36. The molecule has 2 heterocycles. The number of halogens is 2. The molecule has 3 rings (SSSR count). The van der Waals surface area contributed by atoms with E-state index in [1.165, 1.54) is 6.07 Å². The molecule has 9 heteroatoms. The first-order valence-electron chi connectivity index (χ1n) is 9.61. The minimum absolute atomic E-state index is 0. The summed E-state index contributed by atoms with van der Waals surface area (Å²) in [5, 5.41) is 3.44. The number of aromatic nitrogens is 2. The van der Waals surface area contributed by atoms with Crippen molar-refractivity contribution in [1.29, 1.82) is 0 Å². The van der Waals surface area contributed by atoms with Crippen molar-refractivity contribution in [1.82, 2.24) is 20.2 Å². The fourth-order valence-corrected chi connectivity index (χ4v) is 3.26. The van der Waals surface area contributed by atoms with Gasteiger partial charge < -0.3 is 20.0 Å². The number of hydrogen-bond donors (Lipinski definition) is 1. The molecule has 0 saturated carbocycles. The third-order valence-corrected chi connectivity index (χ3v) is 4.83. The van der Waals surface area contributed by atoms with Gasteiger partial charge in [-0.15, -0.1) is 24.0 Å². The summed E-state index contributed by atoms with van der Waals surface area (Å²) in [6.07, 6.45) is 4.48. The lowest BCUT2D eigenvalue weighted by atomic mass is 10.2. The number of benzene rings is 1. The van der Waals surface area contributed by atoms with Crippen LogP contribution in [0.1, 0.15) is 6.42 Å². The van der Waals surface area contributed by atoms with E-state index in [1.807, 2.05) is 26.2 Å². The first-order chi connectivity index (χ1) is 13.7. The molecule has 1 N–H and O–H groups in total. The van der Waals surface area contributed by atoms with E-state index in [0.717, 1.165) is 63.3 Å². The second-order valence-corrected chi connectivity index (χ2v) is 6.75. The predicted octanol–water partition coefficient (Wildman–Crippen LogP) is 2.46. The zero-order chi connectivity index (χ0) is 19.8. The molecule has 0 atom stereocenters. The molecule has 1 aromatic heterocycles. The quantitative estimate of drug-likeness (QED) is 0.277. The second-order valence-electron chi connectivity index (χ2n) is 6.75. The van der Waals surface area contributed by atoms with Crippen molar-refractivity contribution >= 4 is 41.6 Å². The van der Waals surface area contributed by atoms with E-state index >= 15 is 0 Å². The molecule has 0 unspecified atom stereocenters. The lowest BCUT2D eigenvalue weighted by molar-refractivity contribution is 0.370. The van der Waals surface area contributed by atoms with Crippen molar-refractivity contribution in [3.05, 3.63) is 48.5 Å². The fraction of sp³-hybridized carbons (Fsp3) is 0.450. The van der Waals surface area contributed by atoms with E-state index in [-0.39, 0.29) is 29.8 Å². The third-order valence-electron chi connectivity index (χ3n) is 4.83. The highest BCUT2D eigenvalue weighted by atomic mass is 127. The van der Waals surface area contributed by atoms with Crippen LogP contribution >= 0.6 is 24.0 Å². The minimum Gasteiger partial charge on any atom is -0.374 e. The van der Waals surface area contributed by atoms with Crippen LogP contribution in [0, 0.1) is 5.82 Å². The maximum absolute atomic E-state index is 13.3. The average Bonchev–Trinajstić information content (AvgIpc) is 2.74. The summed E-state index contributed by atoms with van der Waals surface area (Å²) in [4.78, 5) is 19.6. The Morgan fingerprint density at radius 1 is 1.17 bits per heavy atom. The first kappa shape index (κ1) is 23.1. The highest BCUT2D eigenvalue weighted by molar-refractivity contribution is 14.0. The van der Waals surface area contributed by atoms with Crippen LogP contribution in [0.5, 0.6) is 0 Å². The van der Waals surface area contributed by atoms with Crippen LogP contribution in [0.25, 0.3) is 0 Å². The van der Waals surface area contributed by atoms with Gasteiger partial charge in [-0.2, -0.15) is 0 Å². The molecule has 0 bridgehead atoms. The molecule has 29 heavy (non-hydrogen) atoms. The third kappa shape index (κ3) is 6.69. The van der Waals surface area contributed by atoms with E-state index in [9.17, 15) is 4.39 Å². The molecule has 1 aromatic carbocycles. The van der Waals surface area contributed by atoms with E-state index in [4.69, 9.17) is 0 Å². The zero-order valence-corrected chi connectivity index (χ0v) is 19.3. The van der Waals surface area contributed by atoms with Crippen LogP contribution in [-0.4, -0.2) is 74.2 Å². The van der Waals surface area contributed by atoms with Crippen LogP contribution in [0.3, 0.4) is 0 Å². The highest BCUT2D eigenvalue weighted by Gasteiger charge is 2.20. The van der Waals surface area contributed by atoms with E-state index < -0.39 is 0 Å². The summed E-state index contributed by atoms with van der Waals surface area (Å²) in [6.45, 7) is 5.14.